The quantitative estimate of drug-likeness (QED) is 0.239. The number of aromatic nitrogens is 4. The molecule has 3 aromatic heterocycles. The number of aliphatic hydroxyl groups is 1. The second kappa shape index (κ2) is 11.5. The van der Waals surface area contributed by atoms with Crippen LogP contribution in [-0.4, -0.2) is 42.9 Å². The summed E-state index contributed by atoms with van der Waals surface area (Å²) in [7, 11) is 0. The van der Waals surface area contributed by atoms with Crippen molar-refractivity contribution >= 4 is 11.9 Å². The SMILES string of the molecule is CC(C)(O)c1cnc(-c2ccnc(NC(=O)OC(C)(C)C(F)(F)F)c2CC23CCC(c4ccc(C(C)(F)F)cn4)(CC2)CC3)nc1. The van der Waals surface area contributed by atoms with E-state index in [2.05, 4.69) is 25.3 Å². The Hall–Kier alpha value is -3.74. The lowest BCUT2D eigenvalue weighted by Gasteiger charge is -2.53. The standard InChI is InChI=1S/C33H38F5N5O3/c1-28(2,45)21-18-41-25(42-19-21)22-8-15-39-26(43-27(44)46-29(3,4)33(36,37)38)23(22)16-31-9-12-32(13-10-31,14-11-31)24-7-6-20(17-40-24)30(5,34)35/h6-8,15,17-19,45H,9-14,16H2,1-5H3,(H,39,43,44). The molecule has 0 radical (unpaired) electrons. The number of anilines is 1. The first-order valence-electron chi connectivity index (χ1n) is 15.2. The Morgan fingerprint density at radius 1 is 0.848 bits per heavy atom. The molecule has 248 valence electrons. The van der Waals surface area contributed by atoms with E-state index >= 15 is 0 Å². The first kappa shape index (κ1) is 33.6. The number of fused-ring (bicyclic) bond motifs is 3. The average Bonchev–Trinajstić information content (AvgIpc) is 2.97. The minimum absolute atomic E-state index is 0.0465. The number of pyridine rings is 2. The lowest BCUT2D eigenvalue weighted by atomic mass is 9.51. The molecule has 3 aliphatic carbocycles. The molecule has 3 aromatic rings. The van der Waals surface area contributed by atoms with E-state index in [0.717, 1.165) is 65.0 Å². The number of amides is 1. The maximum Gasteiger partial charge on any atom is 0.427 e. The number of carbonyl (C=O) groups is 1. The number of rotatable bonds is 8. The molecule has 46 heavy (non-hydrogen) atoms. The zero-order valence-electron chi connectivity index (χ0n) is 26.4. The van der Waals surface area contributed by atoms with Crippen molar-refractivity contribution in [3.05, 3.63) is 65.4 Å². The highest BCUT2D eigenvalue weighted by molar-refractivity contribution is 5.86. The van der Waals surface area contributed by atoms with Crippen LogP contribution >= 0.6 is 0 Å². The number of ether oxygens (including phenoxy) is 1. The zero-order chi connectivity index (χ0) is 33.8. The molecule has 0 aromatic carbocycles. The lowest BCUT2D eigenvalue weighted by molar-refractivity contribution is -0.242. The topological polar surface area (TPSA) is 110 Å². The van der Waals surface area contributed by atoms with E-state index in [1.54, 1.807) is 26.0 Å². The van der Waals surface area contributed by atoms with Crippen molar-refractivity contribution in [3.8, 4) is 11.4 Å². The first-order chi connectivity index (χ1) is 21.2. The molecule has 2 bridgehead atoms. The Balaban J connectivity index is 1.45. The number of halogens is 5. The molecule has 0 spiro atoms. The average molecular weight is 648 g/mol. The summed E-state index contributed by atoms with van der Waals surface area (Å²) in [4.78, 5) is 30.5. The zero-order valence-corrected chi connectivity index (χ0v) is 26.4. The van der Waals surface area contributed by atoms with Crippen molar-refractivity contribution in [1.29, 1.82) is 0 Å². The summed E-state index contributed by atoms with van der Waals surface area (Å²) in [6.07, 6.45) is 4.66. The Kier molecular flexibility index (Phi) is 8.40. The highest BCUT2D eigenvalue weighted by Gasteiger charge is 2.52. The summed E-state index contributed by atoms with van der Waals surface area (Å²) in [5.74, 6) is -2.63. The van der Waals surface area contributed by atoms with Crippen molar-refractivity contribution in [2.75, 3.05) is 5.32 Å². The maximum atomic E-state index is 13.8. The van der Waals surface area contributed by atoms with Gasteiger partial charge in [0.05, 0.1) is 5.60 Å². The van der Waals surface area contributed by atoms with Crippen LogP contribution in [0.4, 0.5) is 32.6 Å². The molecule has 6 rings (SSSR count). The third kappa shape index (κ3) is 6.70. The molecule has 0 saturated heterocycles. The number of carbonyl (C=O) groups excluding carboxylic acids is 1. The largest absolute Gasteiger partial charge is 0.434 e. The molecule has 3 heterocycles. The minimum Gasteiger partial charge on any atom is -0.434 e. The normalized spacial score (nSPS) is 22.1. The number of hydrogen-bond donors (Lipinski definition) is 2. The Bertz CT molecular complexity index is 1560. The van der Waals surface area contributed by atoms with Gasteiger partial charge in [-0.05, 0) is 96.3 Å². The van der Waals surface area contributed by atoms with Gasteiger partial charge in [-0.2, -0.15) is 13.2 Å². The van der Waals surface area contributed by atoms with Gasteiger partial charge in [-0.1, -0.05) is 0 Å². The highest BCUT2D eigenvalue weighted by atomic mass is 19.4. The van der Waals surface area contributed by atoms with E-state index in [-0.39, 0.29) is 22.2 Å². The summed E-state index contributed by atoms with van der Waals surface area (Å²) in [6, 6.07) is 4.83. The number of nitrogens with one attached hydrogen (secondary N) is 1. The van der Waals surface area contributed by atoms with Gasteiger partial charge >= 0.3 is 12.3 Å². The highest BCUT2D eigenvalue weighted by Crippen LogP contribution is 2.59. The van der Waals surface area contributed by atoms with Gasteiger partial charge in [-0.15, -0.1) is 0 Å². The van der Waals surface area contributed by atoms with Crippen molar-refractivity contribution in [1.82, 2.24) is 19.9 Å². The number of alkyl halides is 5. The minimum atomic E-state index is -4.79. The summed E-state index contributed by atoms with van der Waals surface area (Å²) < 4.78 is 72.7. The van der Waals surface area contributed by atoms with Crippen LogP contribution in [0.25, 0.3) is 11.4 Å². The lowest BCUT2D eigenvalue weighted by Crippen LogP contribution is -2.46. The second-order valence-corrected chi connectivity index (χ2v) is 13.8. The fraction of sp³-hybridized carbons (Fsp3) is 0.545. The third-order valence-electron chi connectivity index (χ3n) is 9.67. The van der Waals surface area contributed by atoms with E-state index in [9.17, 15) is 31.9 Å². The van der Waals surface area contributed by atoms with Crippen LogP contribution in [0, 0.1) is 5.41 Å². The summed E-state index contributed by atoms with van der Waals surface area (Å²) >= 11 is 0. The van der Waals surface area contributed by atoms with Crippen molar-refractivity contribution < 1.29 is 36.6 Å². The Labute approximate surface area is 264 Å². The van der Waals surface area contributed by atoms with Gasteiger partial charge in [0.25, 0.3) is 5.92 Å². The first-order valence-corrected chi connectivity index (χ1v) is 15.2. The molecule has 0 aliphatic heterocycles. The molecule has 1 amide bonds. The summed E-state index contributed by atoms with van der Waals surface area (Å²) in [6.45, 7) is 5.58. The van der Waals surface area contributed by atoms with Crippen LogP contribution in [-0.2, 0) is 28.1 Å². The van der Waals surface area contributed by atoms with Crippen LogP contribution in [0.1, 0.15) is 95.5 Å². The van der Waals surface area contributed by atoms with Crippen LogP contribution in [0.15, 0.2) is 43.0 Å². The molecule has 8 nitrogen and oxygen atoms in total. The van der Waals surface area contributed by atoms with Crippen molar-refractivity contribution in [2.24, 2.45) is 5.41 Å². The molecule has 0 unspecified atom stereocenters. The molecule has 3 aliphatic rings. The van der Waals surface area contributed by atoms with Gasteiger partial charge in [-0.3, -0.25) is 10.3 Å². The van der Waals surface area contributed by atoms with Gasteiger partial charge in [0.15, 0.2) is 5.82 Å². The van der Waals surface area contributed by atoms with Gasteiger partial charge in [0.1, 0.15) is 5.82 Å². The van der Waals surface area contributed by atoms with Crippen LogP contribution in [0.3, 0.4) is 0 Å². The smallest absolute Gasteiger partial charge is 0.427 e. The molecular formula is C33H38F5N5O3. The monoisotopic (exact) mass is 647 g/mol. The fourth-order valence-corrected chi connectivity index (χ4v) is 6.44. The van der Waals surface area contributed by atoms with E-state index in [0.29, 0.717) is 28.9 Å². The summed E-state index contributed by atoms with van der Waals surface area (Å²) in [5.41, 5.74) is -2.12. The molecule has 0 atom stereocenters. The Morgan fingerprint density at radius 2 is 1.43 bits per heavy atom. The molecule has 13 heteroatoms. The Morgan fingerprint density at radius 3 is 1.93 bits per heavy atom. The van der Waals surface area contributed by atoms with E-state index in [1.165, 1.54) is 30.9 Å². The van der Waals surface area contributed by atoms with Crippen LogP contribution in [0.2, 0.25) is 0 Å². The van der Waals surface area contributed by atoms with Gasteiger partial charge in [0.2, 0.25) is 5.60 Å². The van der Waals surface area contributed by atoms with E-state index in [1.807, 2.05) is 0 Å². The second-order valence-electron chi connectivity index (χ2n) is 13.8. The van der Waals surface area contributed by atoms with Crippen molar-refractivity contribution in [3.63, 3.8) is 0 Å². The molecule has 3 fully saturated rings. The third-order valence-corrected chi connectivity index (χ3v) is 9.67. The summed E-state index contributed by atoms with van der Waals surface area (Å²) in [5, 5.41) is 12.8. The van der Waals surface area contributed by atoms with Crippen LogP contribution < -0.4 is 5.32 Å². The number of hydrogen-bond acceptors (Lipinski definition) is 7. The van der Waals surface area contributed by atoms with Gasteiger partial charge < -0.3 is 9.84 Å². The van der Waals surface area contributed by atoms with E-state index < -0.39 is 29.4 Å². The number of nitrogens with zero attached hydrogens (tertiary/aromatic N) is 4. The predicted molar refractivity (Wildman–Crippen MR) is 160 cm³/mol. The molecule has 3 saturated carbocycles. The maximum absolute atomic E-state index is 13.8. The van der Waals surface area contributed by atoms with E-state index in [4.69, 9.17) is 4.74 Å². The predicted octanol–water partition coefficient (Wildman–Crippen LogP) is 8.00. The van der Waals surface area contributed by atoms with Gasteiger partial charge in [0, 0.05) is 65.1 Å². The fourth-order valence-electron chi connectivity index (χ4n) is 6.44. The van der Waals surface area contributed by atoms with Crippen molar-refractivity contribution in [2.45, 2.75) is 108 Å². The van der Waals surface area contributed by atoms with Gasteiger partial charge in [-0.25, -0.2) is 28.5 Å². The molecular weight excluding hydrogens is 609 g/mol. The van der Waals surface area contributed by atoms with Crippen LogP contribution in [0.5, 0.6) is 0 Å². The molecule has 2 N–H and O–H groups in total.